The van der Waals surface area contributed by atoms with Gasteiger partial charge in [-0.2, -0.15) is 0 Å². The van der Waals surface area contributed by atoms with Crippen molar-refractivity contribution in [3.8, 4) is 0 Å². The van der Waals surface area contributed by atoms with Crippen molar-refractivity contribution in [2.75, 3.05) is 13.1 Å². The van der Waals surface area contributed by atoms with Crippen LogP contribution in [0.2, 0.25) is 0 Å². The number of rotatable bonds is 5. The van der Waals surface area contributed by atoms with Gasteiger partial charge in [-0.15, -0.1) is 11.3 Å². The average molecular weight is 267 g/mol. The smallest absolute Gasteiger partial charge is 0.312 e. The van der Waals surface area contributed by atoms with E-state index in [0.29, 0.717) is 35.7 Å². The molecule has 7 nitrogen and oxygen atoms in total. The first-order valence-electron chi connectivity index (χ1n) is 5.37. The van der Waals surface area contributed by atoms with Crippen molar-refractivity contribution in [3.05, 3.63) is 27.6 Å². The third-order valence-corrected chi connectivity index (χ3v) is 3.16. The van der Waals surface area contributed by atoms with Gasteiger partial charge in [-0.25, -0.2) is 9.78 Å². The van der Waals surface area contributed by atoms with Crippen molar-refractivity contribution < 1.29 is 4.79 Å². The molecular formula is C10H13N5O2S. The number of urea groups is 1. The highest BCUT2D eigenvalue weighted by Gasteiger charge is 2.04. The van der Waals surface area contributed by atoms with Crippen molar-refractivity contribution in [2.45, 2.75) is 6.54 Å². The molecule has 96 valence electrons. The summed E-state index contributed by atoms with van der Waals surface area (Å²) in [6, 6.07) is 1.26. The Balaban J connectivity index is 1.91. The lowest BCUT2D eigenvalue weighted by atomic mass is 10.4. The third kappa shape index (κ3) is 3.05. The Labute approximate surface area is 106 Å². The minimum atomic E-state index is -0.553. The van der Waals surface area contributed by atoms with Crippen LogP contribution < -0.4 is 21.9 Å². The summed E-state index contributed by atoms with van der Waals surface area (Å²) in [4.78, 5) is 29.1. The molecule has 0 atom stereocenters. The van der Waals surface area contributed by atoms with Gasteiger partial charge in [-0.3, -0.25) is 4.79 Å². The fourth-order valence-corrected chi connectivity index (χ4v) is 2.21. The number of nitrogens with zero attached hydrogens (tertiary/aromatic N) is 1. The molecular weight excluding hydrogens is 254 g/mol. The first-order chi connectivity index (χ1) is 8.66. The third-order valence-electron chi connectivity index (χ3n) is 2.26. The van der Waals surface area contributed by atoms with Crippen molar-refractivity contribution in [2.24, 2.45) is 5.73 Å². The maximum atomic E-state index is 11.7. The number of nitrogens with two attached hydrogens (primary N) is 1. The Hall–Kier alpha value is -1.93. The molecule has 5 N–H and O–H groups in total. The molecule has 8 heteroatoms. The Morgan fingerprint density at radius 2 is 2.33 bits per heavy atom. The van der Waals surface area contributed by atoms with Gasteiger partial charge in [-0.05, 0) is 11.4 Å². The van der Waals surface area contributed by atoms with Gasteiger partial charge in [0.25, 0.3) is 5.56 Å². The molecule has 0 fully saturated rings. The number of nitrogens with one attached hydrogen (secondary N) is 3. The number of amides is 2. The van der Waals surface area contributed by atoms with Crippen LogP contribution in [0.3, 0.4) is 0 Å². The second-order valence-electron chi connectivity index (χ2n) is 3.62. The number of hydrogen-bond acceptors (Lipinski definition) is 5. The summed E-state index contributed by atoms with van der Waals surface area (Å²) in [7, 11) is 0. The zero-order chi connectivity index (χ0) is 13.0. The number of aromatic amines is 1. The SMILES string of the molecule is NC(=O)NCCNCc1nc2ccsc2c(=O)[nH]1. The van der Waals surface area contributed by atoms with E-state index < -0.39 is 6.03 Å². The molecule has 0 radical (unpaired) electrons. The Bertz CT molecular complexity index is 606. The molecule has 2 aromatic heterocycles. The van der Waals surface area contributed by atoms with Crippen LogP contribution in [0.1, 0.15) is 5.82 Å². The highest BCUT2D eigenvalue weighted by Crippen LogP contribution is 2.13. The van der Waals surface area contributed by atoms with Crippen LogP contribution in [-0.2, 0) is 6.54 Å². The fourth-order valence-electron chi connectivity index (χ4n) is 1.49. The number of hydrogen-bond donors (Lipinski definition) is 4. The predicted molar refractivity (Wildman–Crippen MR) is 69.5 cm³/mol. The number of thiophene rings is 1. The van der Waals surface area contributed by atoms with Gasteiger partial charge in [-0.1, -0.05) is 0 Å². The number of carbonyl (C=O) groups excluding carboxylic acids is 1. The molecule has 2 aromatic rings. The number of H-pyrrole nitrogens is 1. The molecule has 0 unspecified atom stereocenters. The van der Waals surface area contributed by atoms with E-state index in [1.165, 1.54) is 11.3 Å². The number of fused-ring (bicyclic) bond motifs is 1. The molecule has 0 spiro atoms. The first-order valence-corrected chi connectivity index (χ1v) is 6.25. The number of aromatic nitrogens is 2. The summed E-state index contributed by atoms with van der Waals surface area (Å²) in [6.07, 6.45) is 0. The van der Waals surface area contributed by atoms with E-state index in [1.54, 1.807) is 0 Å². The lowest BCUT2D eigenvalue weighted by Crippen LogP contribution is -2.35. The summed E-state index contributed by atoms with van der Waals surface area (Å²) < 4.78 is 0.633. The van der Waals surface area contributed by atoms with E-state index in [2.05, 4.69) is 20.6 Å². The van der Waals surface area contributed by atoms with Crippen LogP contribution in [0.15, 0.2) is 16.2 Å². The van der Waals surface area contributed by atoms with E-state index in [4.69, 9.17) is 5.73 Å². The van der Waals surface area contributed by atoms with E-state index >= 15 is 0 Å². The van der Waals surface area contributed by atoms with E-state index in [9.17, 15) is 9.59 Å². The van der Waals surface area contributed by atoms with Gasteiger partial charge < -0.3 is 21.4 Å². The van der Waals surface area contributed by atoms with Crippen LogP contribution in [0.25, 0.3) is 10.2 Å². The molecule has 0 saturated carbocycles. The van der Waals surface area contributed by atoms with Crippen LogP contribution in [0.4, 0.5) is 4.79 Å². The molecule has 2 heterocycles. The normalized spacial score (nSPS) is 10.7. The number of carbonyl (C=O) groups is 1. The molecule has 0 aromatic carbocycles. The fraction of sp³-hybridized carbons (Fsp3) is 0.300. The molecule has 0 saturated heterocycles. The maximum absolute atomic E-state index is 11.7. The van der Waals surface area contributed by atoms with Gasteiger partial charge >= 0.3 is 6.03 Å². The predicted octanol–water partition coefficient (Wildman–Crippen LogP) is -0.257. The summed E-state index contributed by atoms with van der Waals surface area (Å²) in [5, 5.41) is 7.33. The minimum absolute atomic E-state index is 0.123. The molecule has 18 heavy (non-hydrogen) atoms. The van der Waals surface area contributed by atoms with Crippen LogP contribution in [-0.4, -0.2) is 29.1 Å². The molecule has 0 aliphatic carbocycles. The summed E-state index contributed by atoms with van der Waals surface area (Å²) in [5.41, 5.74) is 5.50. The highest BCUT2D eigenvalue weighted by molar-refractivity contribution is 7.17. The Kier molecular flexibility index (Phi) is 3.90. The zero-order valence-electron chi connectivity index (χ0n) is 9.53. The average Bonchev–Trinajstić information content (AvgIpc) is 2.77. The van der Waals surface area contributed by atoms with Crippen LogP contribution >= 0.6 is 11.3 Å². The van der Waals surface area contributed by atoms with E-state index in [1.807, 2.05) is 11.4 Å². The summed E-state index contributed by atoms with van der Waals surface area (Å²) >= 11 is 1.37. The van der Waals surface area contributed by atoms with Crippen LogP contribution in [0.5, 0.6) is 0 Å². The standard InChI is InChI=1S/C10H13N5O2S/c11-10(17)13-3-2-12-5-7-14-6-1-4-18-8(6)9(16)15-7/h1,4,12H,2-3,5H2,(H3,11,13,17)(H,14,15,16). The Morgan fingerprint density at radius 1 is 1.50 bits per heavy atom. The summed E-state index contributed by atoms with van der Waals surface area (Å²) in [6.45, 7) is 1.41. The molecule has 0 aliphatic heterocycles. The van der Waals surface area contributed by atoms with Gasteiger partial charge in [0, 0.05) is 13.1 Å². The van der Waals surface area contributed by atoms with Crippen LogP contribution in [0, 0.1) is 0 Å². The largest absolute Gasteiger partial charge is 0.352 e. The van der Waals surface area contributed by atoms with Crippen molar-refractivity contribution in [1.82, 2.24) is 20.6 Å². The van der Waals surface area contributed by atoms with E-state index in [0.717, 1.165) is 0 Å². The van der Waals surface area contributed by atoms with E-state index in [-0.39, 0.29) is 5.56 Å². The molecule has 0 bridgehead atoms. The van der Waals surface area contributed by atoms with Gasteiger partial charge in [0.15, 0.2) is 0 Å². The lowest BCUT2D eigenvalue weighted by Gasteiger charge is -2.04. The maximum Gasteiger partial charge on any atom is 0.312 e. The second-order valence-corrected chi connectivity index (χ2v) is 4.53. The monoisotopic (exact) mass is 267 g/mol. The van der Waals surface area contributed by atoms with Crippen molar-refractivity contribution in [1.29, 1.82) is 0 Å². The van der Waals surface area contributed by atoms with Gasteiger partial charge in [0.1, 0.15) is 10.5 Å². The first kappa shape index (κ1) is 12.5. The lowest BCUT2D eigenvalue weighted by molar-refractivity contribution is 0.249. The zero-order valence-corrected chi connectivity index (χ0v) is 10.3. The second kappa shape index (κ2) is 5.61. The molecule has 0 aliphatic rings. The van der Waals surface area contributed by atoms with Gasteiger partial charge in [0.2, 0.25) is 0 Å². The Morgan fingerprint density at radius 3 is 3.11 bits per heavy atom. The molecule has 2 amide bonds. The quantitative estimate of drug-likeness (QED) is 0.559. The minimum Gasteiger partial charge on any atom is -0.352 e. The number of primary amides is 1. The summed E-state index contributed by atoms with van der Waals surface area (Å²) in [5.74, 6) is 0.574. The highest BCUT2D eigenvalue weighted by atomic mass is 32.1. The van der Waals surface area contributed by atoms with Crippen molar-refractivity contribution in [3.63, 3.8) is 0 Å². The van der Waals surface area contributed by atoms with Gasteiger partial charge in [0.05, 0.1) is 12.1 Å². The van der Waals surface area contributed by atoms with Crippen molar-refractivity contribution >= 4 is 27.6 Å². The topological polar surface area (TPSA) is 113 Å². The molecule has 2 rings (SSSR count).